The van der Waals surface area contributed by atoms with Crippen molar-refractivity contribution >= 4 is 11.8 Å². The van der Waals surface area contributed by atoms with E-state index in [1.165, 1.54) is 6.20 Å². The number of aromatic nitrogens is 2. The smallest absolute Gasteiger partial charge is 0.224 e. The molecule has 0 aliphatic rings. The fraction of sp³-hybridized carbons (Fsp3) is 0.600. The van der Waals surface area contributed by atoms with Crippen molar-refractivity contribution in [1.29, 1.82) is 0 Å². The second-order valence-corrected chi connectivity index (χ2v) is 3.70. The summed E-state index contributed by atoms with van der Waals surface area (Å²) in [6.45, 7) is 7.46. The SMILES string of the molecule is CCNc1ncc(F)c(NCC(C)C)n1. The minimum atomic E-state index is -0.419. The molecule has 1 heterocycles. The van der Waals surface area contributed by atoms with Gasteiger partial charge in [-0.2, -0.15) is 4.98 Å². The zero-order chi connectivity index (χ0) is 11.3. The monoisotopic (exact) mass is 212 g/mol. The molecule has 1 aromatic heterocycles. The highest BCUT2D eigenvalue weighted by molar-refractivity contribution is 5.40. The summed E-state index contributed by atoms with van der Waals surface area (Å²) in [6.07, 6.45) is 1.17. The van der Waals surface area contributed by atoms with Crippen molar-refractivity contribution in [3.8, 4) is 0 Å². The molecule has 0 unspecified atom stereocenters. The lowest BCUT2D eigenvalue weighted by atomic mass is 10.2. The Balaban J connectivity index is 2.71. The van der Waals surface area contributed by atoms with Crippen molar-refractivity contribution in [2.45, 2.75) is 20.8 Å². The van der Waals surface area contributed by atoms with Gasteiger partial charge in [-0.3, -0.25) is 0 Å². The molecule has 0 bridgehead atoms. The fourth-order valence-corrected chi connectivity index (χ4v) is 1.04. The zero-order valence-corrected chi connectivity index (χ0v) is 9.34. The van der Waals surface area contributed by atoms with E-state index >= 15 is 0 Å². The molecule has 84 valence electrons. The van der Waals surface area contributed by atoms with Crippen LogP contribution in [0.2, 0.25) is 0 Å². The largest absolute Gasteiger partial charge is 0.367 e. The fourth-order valence-electron chi connectivity index (χ4n) is 1.04. The van der Waals surface area contributed by atoms with Gasteiger partial charge in [0, 0.05) is 13.1 Å². The first kappa shape index (κ1) is 11.7. The van der Waals surface area contributed by atoms with E-state index in [-0.39, 0.29) is 5.82 Å². The maximum absolute atomic E-state index is 13.2. The van der Waals surface area contributed by atoms with Gasteiger partial charge in [0.25, 0.3) is 0 Å². The topological polar surface area (TPSA) is 49.8 Å². The molecular weight excluding hydrogens is 195 g/mol. The number of hydrogen-bond donors (Lipinski definition) is 2. The van der Waals surface area contributed by atoms with Crippen LogP contribution in [0.4, 0.5) is 16.2 Å². The van der Waals surface area contributed by atoms with Crippen LogP contribution in [-0.4, -0.2) is 23.1 Å². The summed E-state index contributed by atoms with van der Waals surface area (Å²) < 4.78 is 13.2. The van der Waals surface area contributed by atoms with Gasteiger partial charge in [0.05, 0.1) is 6.20 Å². The van der Waals surface area contributed by atoms with Crippen LogP contribution in [0.1, 0.15) is 20.8 Å². The summed E-state index contributed by atoms with van der Waals surface area (Å²) in [5.41, 5.74) is 0. The highest BCUT2D eigenvalue weighted by atomic mass is 19.1. The van der Waals surface area contributed by atoms with Gasteiger partial charge in [0.1, 0.15) is 0 Å². The molecule has 0 spiro atoms. The first-order chi connectivity index (χ1) is 7.13. The second-order valence-electron chi connectivity index (χ2n) is 3.70. The molecule has 0 aromatic carbocycles. The molecule has 0 saturated carbocycles. The average molecular weight is 212 g/mol. The third-order valence-corrected chi connectivity index (χ3v) is 1.76. The molecular formula is C10H17FN4. The maximum atomic E-state index is 13.2. The predicted octanol–water partition coefficient (Wildman–Crippen LogP) is 2.12. The van der Waals surface area contributed by atoms with Gasteiger partial charge in [-0.1, -0.05) is 13.8 Å². The van der Waals surface area contributed by atoms with Crippen molar-refractivity contribution in [3.05, 3.63) is 12.0 Å². The van der Waals surface area contributed by atoms with Gasteiger partial charge in [-0.15, -0.1) is 0 Å². The number of halogens is 1. The quantitative estimate of drug-likeness (QED) is 0.785. The van der Waals surface area contributed by atoms with Crippen LogP contribution in [0.5, 0.6) is 0 Å². The van der Waals surface area contributed by atoms with Gasteiger partial charge in [0.2, 0.25) is 5.95 Å². The Labute approximate surface area is 89.3 Å². The van der Waals surface area contributed by atoms with Crippen LogP contribution < -0.4 is 10.6 Å². The van der Waals surface area contributed by atoms with E-state index in [1.54, 1.807) is 0 Å². The zero-order valence-electron chi connectivity index (χ0n) is 9.34. The van der Waals surface area contributed by atoms with Crippen molar-refractivity contribution in [2.75, 3.05) is 23.7 Å². The van der Waals surface area contributed by atoms with Gasteiger partial charge < -0.3 is 10.6 Å². The summed E-state index contributed by atoms with van der Waals surface area (Å²) in [5.74, 6) is 0.735. The lowest BCUT2D eigenvalue weighted by Gasteiger charge is -2.10. The molecule has 2 N–H and O–H groups in total. The second kappa shape index (κ2) is 5.48. The molecule has 15 heavy (non-hydrogen) atoms. The van der Waals surface area contributed by atoms with E-state index in [2.05, 4.69) is 34.4 Å². The first-order valence-corrected chi connectivity index (χ1v) is 5.13. The van der Waals surface area contributed by atoms with E-state index in [9.17, 15) is 4.39 Å². The van der Waals surface area contributed by atoms with Gasteiger partial charge in [0.15, 0.2) is 11.6 Å². The van der Waals surface area contributed by atoms with Crippen LogP contribution in [0, 0.1) is 11.7 Å². The van der Waals surface area contributed by atoms with E-state index in [0.29, 0.717) is 18.4 Å². The predicted molar refractivity (Wildman–Crippen MR) is 59.5 cm³/mol. The molecule has 4 nitrogen and oxygen atoms in total. The molecule has 0 saturated heterocycles. The third-order valence-electron chi connectivity index (χ3n) is 1.76. The normalized spacial score (nSPS) is 10.5. The average Bonchev–Trinajstić information content (AvgIpc) is 2.19. The summed E-state index contributed by atoms with van der Waals surface area (Å²) in [5, 5.41) is 5.88. The molecule has 0 radical (unpaired) electrons. The Morgan fingerprint density at radius 3 is 2.73 bits per heavy atom. The van der Waals surface area contributed by atoms with E-state index in [1.807, 2.05) is 6.92 Å². The first-order valence-electron chi connectivity index (χ1n) is 5.13. The molecule has 0 aliphatic heterocycles. The Bertz CT molecular complexity index is 314. The van der Waals surface area contributed by atoms with E-state index in [4.69, 9.17) is 0 Å². The van der Waals surface area contributed by atoms with Gasteiger partial charge >= 0.3 is 0 Å². The van der Waals surface area contributed by atoms with Crippen molar-refractivity contribution < 1.29 is 4.39 Å². The summed E-state index contributed by atoms with van der Waals surface area (Å²) in [7, 11) is 0. The highest BCUT2D eigenvalue weighted by Gasteiger charge is 2.06. The molecule has 0 atom stereocenters. The lowest BCUT2D eigenvalue weighted by molar-refractivity contribution is 0.611. The van der Waals surface area contributed by atoms with Crippen LogP contribution in [0.25, 0.3) is 0 Å². The van der Waals surface area contributed by atoms with Crippen LogP contribution in [0.3, 0.4) is 0 Å². The summed E-state index contributed by atoms with van der Waals surface area (Å²) >= 11 is 0. The molecule has 5 heteroatoms. The Hall–Kier alpha value is -1.39. The van der Waals surface area contributed by atoms with Crippen molar-refractivity contribution in [3.63, 3.8) is 0 Å². The summed E-state index contributed by atoms with van der Waals surface area (Å²) in [6, 6.07) is 0. The minimum absolute atomic E-state index is 0.259. The Morgan fingerprint density at radius 1 is 1.40 bits per heavy atom. The molecule has 1 aromatic rings. The van der Waals surface area contributed by atoms with E-state index in [0.717, 1.165) is 6.54 Å². The molecule has 0 aliphatic carbocycles. The number of nitrogens with one attached hydrogen (secondary N) is 2. The molecule has 0 fully saturated rings. The van der Waals surface area contributed by atoms with Crippen molar-refractivity contribution in [2.24, 2.45) is 5.92 Å². The Kier molecular flexibility index (Phi) is 4.27. The van der Waals surface area contributed by atoms with Crippen molar-refractivity contribution in [1.82, 2.24) is 9.97 Å². The van der Waals surface area contributed by atoms with Crippen LogP contribution >= 0.6 is 0 Å². The number of nitrogens with zero attached hydrogens (tertiary/aromatic N) is 2. The standard InChI is InChI=1S/C10H17FN4/c1-4-12-10-14-6-8(11)9(15-10)13-5-7(2)3/h6-7H,4-5H2,1-3H3,(H2,12,13,14,15). The highest BCUT2D eigenvalue weighted by Crippen LogP contribution is 2.12. The number of anilines is 2. The van der Waals surface area contributed by atoms with Gasteiger partial charge in [-0.05, 0) is 12.8 Å². The Morgan fingerprint density at radius 2 is 2.13 bits per heavy atom. The number of hydrogen-bond acceptors (Lipinski definition) is 4. The van der Waals surface area contributed by atoms with Gasteiger partial charge in [-0.25, -0.2) is 9.37 Å². The summed E-state index contributed by atoms with van der Waals surface area (Å²) in [4.78, 5) is 7.84. The third kappa shape index (κ3) is 3.69. The van der Waals surface area contributed by atoms with E-state index < -0.39 is 5.82 Å². The minimum Gasteiger partial charge on any atom is -0.367 e. The molecule has 0 amide bonds. The molecule has 1 rings (SSSR count). The number of rotatable bonds is 5. The maximum Gasteiger partial charge on any atom is 0.224 e. The van der Waals surface area contributed by atoms with Crippen LogP contribution in [-0.2, 0) is 0 Å². The van der Waals surface area contributed by atoms with Crippen LogP contribution in [0.15, 0.2) is 6.20 Å². The lowest BCUT2D eigenvalue weighted by Crippen LogP contribution is -2.12.